The topological polar surface area (TPSA) is 72.2 Å². The van der Waals surface area contributed by atoms with Crippen molar-refractivity contribution in [3.63, 3.8) is 0 Å². The number of nitrogen functional groups attached to an aromatic ring is 1. The Morgan fingerprint density at radius 3 is 2.38 bits per heavy atom. The lowest BCUT2D eigenvalue weighted by Gasteiger charge is -2.20. The molecule has 4 nitrogen and oxygen atoms in total. The van der Waals surface area contributed by atoms with Crippen molar-refractivity contribution in [2.75, 3.05) is 5.73 Å². The molecule has 16 heavy (non-hydrogen) atoms. The minimum atomic E-state index is -3.88. The molecule has 0 radical (unpaired) electrons. The third-order valence-electron chi connectivity index (χ3n) is 1.72. The van der Waals surface area contributed by atoms with Crippen molar-refractivity contribution >= 4 is 15.7 Å². The van der Waals surface area contributed by atoms with E-state index >= 15 is 0 Å². The lowest BCUT2D eigenvalue weighted by atomic mass is 10.1. The zero-order chi connectivity index (χ0) is 12.6. The normalized spacial score (nSPS) is 12.8. The van der Waals surface area contributed by atoms with Crippen LogP contribution >= 0.6 is 0 Å². The summed E-state index contributed by atoms with van der Waals surface area (Å²) in [5.41, 5.74) is 4.46. The first kappa shape index (κ1) is 12.9. The predicted molar refractivity (Wildman–Crippen MR) is 60.9 cm³/mol. The van der Waals surface area contributed by atoms with Crippen molar-refractivity contribution in [3.8, 4) is 0 Å². The van der Waals surface area contributed by atoms with Crippen molar-refractivity contribution < 1.29 is 12.8 Å². The van der Waals surface area contributed by atoms with Crippen LogP contribution in [0.1, 0.15) is 20.8 Å². The molecule has 1 aromatic rings. The number of benzene rings is 1. The summed E-state index contributed by atoms with van der Waals surface area (Å²) in [6, 6.07) is 3.89. The highest BCUT2D eigenvalue weighted by Gasteiger charge is 2.25. The van der Waals surface area contributed by atoms with Crippen LogP contribution in [-0.4, -0.2) is 14.0 Å². The standard InChI is InChI=1S/C10H15FN2O2S/c1-10(2,3)13-16(14,15)8-6-4-5-7(12)9(8)11/h4-6,13H,12H2,1-3H3. The smallest absolute Gasteiger partial charge is 0.244 e. The Bertz CT molecular complexity index is 492. The third-order valence-corrected chi connectivity index (χ3v) is 3.50. The summed E-state index contributed by atoms with van der Waals surface area (Å²) in [5, 5.41) is 0. The second-order valence-electron chi connectivity index (χ2n) is 4.51. The molecule has 0 spiro atoms. The Kier molecular flexibility index (Phi) is 3.25. The molecule has 3 N–H and O–H groups in total. The quantitative estimate of drug-likeness (QED) is 0.776. The van der Waals surface area contributed by atoms with Crippen molar-refractivity contribution in [1.29, 1.82) is 0 Å². The van der Waals surface area contributed by atoms with Gasteiger partial charge in [0.1, 0.15) is 4.90 Å². The van der Waals surface area contributed by atoms with Gasteiger partial charge < -0.3 is 5.73 Å². The molecule has 0 saturated carbocycles. The summed E-state index contributed by atoms with van der Waals surface area (Å²) in [4.78, 5) is -0.428. The van der Waals surface area contributed by atoms with Gasteiger partial charge in [-0.2, -0.15) is 0 Å². The van der Waals surface area contributed by atoms with Crippen molar-refractivity contribution in [3.05, 3.63) is 24.0 Å². The van der Waals surface area contributed by atoms with Gasteiger partial charge in [-0.3, -0.25) is 0 Å². The van der Waals surface area contributed by atoms with Crippen LogP contribution in [0.4, 0.5) is 10.1 Å². The average Bonchev–Trinajstić information content (AvgIpc) is 2.05. The maximum atomic E-state index is 13.5. The number of hydrogen-bond acceptors (Lipinski definition) is 3. The molecule has 1 aromatic carbocycles. The van der Waals surface area contributed by atoms with Crippen LogP contribution in [0.25, 0.3) is 0 Å². The minimum absolute atomic E-state index is 0.184. The van der Waals surface area contributed by atoms with E-state index in [0.717, 1.165) is 0 Å². The first-order chi connectivity index (χ1) is 7.13. The van der Waals surface area contributed by atoms with E-state index < -0.39 is 26.3 Å². The number of anilines is 1. The Morgan fingerprint density at radius 2 is 1.88 bits per heavy atom. The molecule has 0 atom stereocenters. The van der Waals surface area contributed by atoms with Crippen LogP contribution in [-0.2, 0) is 10.0 Å². The molecule has 0 bridgehead atoms. The molecule has 90 valence electrons. The average molecular weight is 246 g/mol. The molecule has 6 heteroatoms. The van der Waals surface area contributed by atoms with Crippen LogP contribution in [0.5, 0.6) is 0 Å². The van der Waals surface area contributed by atoms with Crippen molar-refractivity contribution in [1.82, 2.24) is 4.72 Å². The highest BCUT2D eigenvalue weighted by Crippen LogP contribution is 2.20. The number of sulfonamides is 1. The van der Waals surface area contributed by atoms with E-state index in [4.69, 9.17) is 5.73 Å². The molecule has 0 amide bonds. The molecule has 0 aliphatic heterocycles. The largest absolute Gasteiger partial charge is 0.396 e. The molecule has 0 saturated heterocycles. The van der Waals surface area contributed by atoms with Gasteiger partial charge in [0.05, 0.1) is 5.69 Å². The fourth-order valence-electron chi connectivity index (χ4n) is 1.19. The van der Waals surface area contributed by atoms with Crippen LogP contribution < -0.4 is 10.5 Å². The molecule has 0 heterocycles. The summed E-state index contributed by atoms with van der Waals surface area (Å²) < 4.78 is 39.5. The number of nitrogens with one attached hydrogen (secondary N) is 1. The van der Waals surface area contributed by atoms with Crippen molar-refractivity contribution in [2.24, 2.45) is 0 Å². The van der Waals surface area contributed by atoms with E-state index in [2.05, 4.69) is 4.72 Å². The maximum absolute atomic E-state index is 13.5. The van der Waals surface area contributed by atoms with Gasteiger partial charge in [0.25, 0.3) is 0 Å². The molecule has 0 aliphatic rings. The van der Waals surface area contributed by atoms with Gasteiger partial charge in [0, 0.05) is 5.54 Å². The van der Waals surface area contributed by atoms with Gasteiger partial charge in [-0.15, -0.1) is 0 Å². The van der Waals surface area contributed by atoms with E-state index in [1.807, 2.05) is 0 Å². The zero-order valence-electron chi connectivity index (χ0n) is 9.41. The van der Waals surface area contributed by atoms with E-state index in [0.29, 0.717) is 0 Å². The van der Waals surface area contributed by atoms with Crippen LogP contribution in [0.2, 0.25) is 0 Å². The molecule has 0 aliphatic carbocycles. The van der Waals surface area contributed by atoms with Crippen LogP contribution in [0.15, 0.2) is 23.1 Å². The monoisotopic (exact) mass is 246 g/mol. The third kappa shape index (κ3) is 2.93. The van der Waals surface area contributed by atoms with Crippen LogP contribution in [0, 0.1) is 5.82 Å². The highest BCUT2D eigenvalue weighted by molar-refractivity contribution is 7.89. The first-order valence-electron chi connectivity index (χ1n) is 4.71. The van der Waals surface area contributed by atoms with E-state index in [1.54, 1.807) is 20.8 Å². The minimum Gasteiger partial charge on any atom is -0.396 e. The van der Waals surface area contributed by atoms with Crippen LogP contribution in [0.3, 0.4) is 0 Å². The fourth-order valence-corrected chi connectivity index (χ4v) is 2.72. The number of rotatable bonds is 2. The lowest BCUT2D eigenvalue weighted by Crippen LogP contribution is -2.40. The number of halogens is 1. The first-order valence-corrected chi connectivity index (χ1v) is 6.20. The van der Waals surface area contributed by atoms with Gasteiger partial charge in [0.2, 0.25) is 10.0 Å². The number of nitrogens with two attached hydrogens (primary N) is 1. The van der Waals surface area contributed by atoms with Gasteiger partial charge in [-0.1, -0.05) is 6.07 Å². The second kappa shape index (κ2) is 4.03. The van der Waals surface area contributed by atoms with Gasteiger partial charge in [-0.25, -0.2) is 17.5 Å². The summed E-state index contributed by atoms with van der Waals surface area (Å²) in [7, 11) is -3.88. The molecule has 0 aromatic heterocycles. The molecule has 0 unspecified atom stereocenters. The Hall–Kier alpha value is -1.14. The Morgan fingerprint density at radius 1 is 1.31 bits per heavy atom. The van der Waals surface area contributed by atoms with Gasteiger partial charge in [-0.05, 0) is 32.9 Å². The second-order valence-corrected chi connectivity index (χ2v) is 6.17. The lowest BCUT2D eigenvalue weighted by molar-refractivity contribution is 0.486. The maximum Gasteiger partial charge on any atom is 0.244 e. The zero-order valence-corrected chi connectivity index (χ0v) is 10.2. The Balaban J connectivity index is 3.24. The van der Waals surface area contributed by atoms with E-state index in [9.17, 15) is 12.8 Å². The molecule has 0 fully saturated rings. The summed E-state index contributed by atoms with van der Waals surface area (Å²) in [5.74, 6) is -0.917. The van der Waals surface area contributed by atoms with E-state index in [1.165, 1.54) is 18.2 Å². The number of hydrogen-bond donors (Lipinski definition) is 2. The summed E-state index contributed by atoms with van der Waals surface area (Å²) in [6.07, 6.45) is 0. The fraction of sp³-hybridized carbons (Fsp3) is 0.400. The molecule has 1 rings (SSSR count). The highest BCUT2D eigenvalue weighted by atomic mass is 32.2. The Labute approximate surface area is 94.7 Å². The molecular weight excluding hydrogens is 231 g/mol. The SMILES string of the molecule is CC(C)(C)NS(=O)(=O)c1cccc(N)c1F. The molecular formula is C10H15FN2O2S. The summed E-state index contributed by atoms with van der Waals surface area (Å²) >= 11 is 0. The predicted octanol–water partition coefficient (Wildman–Crippen LogP) is 1.48. The summed E-state index contributed by atoms with van der Waals surface area (Å²) in [6.45, 7) is 5.03. The van der Waals surface area contributed by atoms with Gasteiger partial charge in [0.15, 0.2) is 5.82 Å². The van der Waals surface area contributed by atoms with Gasteiger partial charge >= 0.3 is 0 Å². The van der Waals surface area contributed by atoms with Crippen molar-refractivity contribution in [2.45, 2.75) is 31.2 Å². The van der Waals surface area contributed by atoms with E-state index in [-0.39, 0.29) is 5.69 Å².